The van der Waals surface area contributed by atoms with Crippen LogP contribution in [0.4, 0.5) is 0 Å². The summed E-state index contributed by atoms with van der Waals surface area (Å²) in [6.45, 7) is 0.343. The number of hydrogen-bond acceptors (Lipinski definition) is 4. The van der Waals surface area contributed by atoms with Crippen molar-refractivity contribution in [3.63, 3.8) is 0 Å². The molecule has 3 N–H and O–H groups in total. The lowest BCUT2D eigenvalue weighted by atomic mass is 10.1. The molecule has 4 nitrogen and oxygen atoms in total. The van der Waals surface area contributed by atoms with Gasteiger partial charge >= 0.3 is 0 Å². The first-order chi connectivity index (χ1) is 9.81. The number of hydrogen-bond donors (Lipinski definition) is 2. The Morgan fingerprint density at radius 1 is 1.20 bits per heavy atom. The lowest BCUT2D eigenvalue weighted by molar-refractivity contribution is 0.276. The first-order valence-corrected chi connectivity index (χ1v) is 6.90. The first-order valence-electron chi connectivity index (χ1n) is 6.90. The van der Waals surface area contributed by atoms with E-state index in [9.17, 15) is 5.11 Å². The highest BCUT2D eigenvalue weighted by atomic mass is 16.5. The predicted octanol–water partition coefficient (Wildman–Crippen LogP) is 2.31. The molecule has 0 amide bonds. The zero-order chi connectivity index (χ0) is 13.9. The first kappa shape index (κ1) is 13.1. The molecule has 2 aromatic rings. The van der Waals surface area contributed by atoms with Crippen LogP contribution in [-0.4, -0.2) is 10.1 Å². The SMILES string of the molecule is NCc1cc2c(nc1Oc1ccccc1CO)CCC2. The third-order valence-corrected chi connectivity index (χ3v) is 3.66. The molecule has 1 aliphatic rings. The summed E-state index contributed by atoms with van der Waals surface area (Å²) >= 11 is 0. The molecule has 1 aliphatic carbocycles. The average Bonchev–Trinajstić information content (AvgIpc) is 2.94. The Kier molecular flexibility index (Phi) is 3.67. The van der Waals surface area contributed by atoms with Gasteiger partial charge in [-0.15, -0.1) is 0 Å². The van der Waals surface area contributed by atoms with Gasteiger partial charge in [0, 0.05) is 23.4 Å². The van der Waals surface area contributed by atoms with Gasteiger partial charge in [0.15, 0.2) is 0 Å². The minimum Gasteiger partial charge on any atom is -0.438 e. The molecule has 0 spiro atoms. The summed E-state index contributed by atoms with van der Waals surface area (Å²) in [5.74, 6) is 1.20. The Bertz CT molecular complexity index is 626. The van der Waals surface area contributed by atoms with Gasteiger partial charge in [-0.05, 0) is 37.0 Å². The summed E-state index contributed by atoms with van der Waals surface area (Å²) in [5, 5.41) is 9.35. The maximum atomic E-state index is 9.35. The van der Waals surface area contributed by atoms with Crippen LogP contribution in [0.2, 0.25) is 0 Å². The van der Waals surface area contributed by atoms with Crippen LogP contribution in [0.25, 0.3) is 0 Å². The molecule has 0 unspecified atom stereocenters. The molecule has 0 fully saturated rings. The van der Waals surface area contributed by atoms with Gasteiger partial charge < -0.3 is 15.6 Å². The summed E-state index contributed by atoms with van der Waals surface area (Å²) in [7, 11) is 0. The van der Waals surface area contributed by atoms with Gasteiger partial charge in [0.1, 0.15) is 5.75 Å². The van der Waals surface area contributed by atoms with E-state index in [-0.39, 0.29) is 6.61 Å². The molecule has 0 saturated heterocycles. The fourth-order valence-corrected chi connectivity index (χ4v) is 2.57. The van der Waals surface area contributed by atoms with Gasteiger partial charge in [0.2, 0.25) is 5.88 Å². The van der Waals surface area contributed by atoms with Crippen molar-refractivity contribution in [2.45, 2.75) is 32.4 Å². The molecule has 0 atom stereocenters. The van der Waals surface area contributed by atoms with Gasteiger partial charge in [0.05, 0.1) is 6.61 Å². The zero-order valence-electron chi connectivity index (χ0n) is 11.3. The van der Waals surface area contributed by atoms with Crippen molar-refractivity contribution in [2.24, 2.45) is 5.73 Å². The van der Waals surface area contributed by atoms with Crippen LogP contribution in [0.5, 0.6) is 11.6 Å². The van der Waals surface area contributed by atoms with Gasteiger partial charge in [-0.3, -0.25) is 0 Å². The van der Waals surface area contributed by atoms with Crippen molar-refractivity contribution in [3.05, 3.63) is 52.7 Å². The van der Waals surface area contributed by atoms with E-state index in [0.29, 0.717) is 18.2 Å². The number of para-hydroxylation sites is 1. The number of aliphatic hydroxyl groups excluding tert-OH is 1. The van der Waals surface area contributed by atoms with Crippen LogP contribution in [0.3, 0.4) is 0 Å². The number of aliphatic hydroxyl groups is 1. The van der Waals surface area contributed by atoms with E-state index in [4.69, 9.17) is 10.5 Å². The van der Waals surface area contributed by atoms with Crippen LogP contribution in [0.1, 0.15) is 28.8 Å². The molecule has 0 bridgehead atoms. The lowest BCUT2D eigenvalue weighted by Gasteiger charge is -2.13. The summed E-state index contributed by atoms with van der Waals surface area (Å²) in [5.41, 5.74) is 9.86. The third-order valence-electron chi connectivity index (χ3n) is 3.66. The number of rotatable bonds is 4. The number of ether oxygens (including phenoxy) is 1. The minimum absolute atomic E-state index is 0.0565. The van der Waals surface area contributed by atoms with Crippen molar-refractivity contribution in [3.8, 4) is 11.6 Å². The molecule has 104 valence electrons. The summed E-state index contributed by atoms with van der Waals surface area (Å²) < 4.78 is 5.90. The molecule has 3 rings (SSSR count). The van der Waals surface area contributed by atoms with E-state index < -0.39 is 0 Å². The smallest absolute Gasteiger partial charge is 0.223 e. The summed E-state index contributed by atoms with van der Waals surface area (Å²) in [6.07, 6.45) is 3.21. The second-order valence-electron chi connectivity index (χ2n) is 4.98. The van der Waals surface area contributed by atoms with E-state index in [2.05, 4.69) is 11.1 Å². The Morgan fingerprint density at radius 2 is 2.05 bits per heavy atom. The van der Waals surface area contributed by atoms with Crippen LogP contribution in [0, 0.1) is 0 Å². The van der Waals surface area contributed by atoms with Crippen LogP contribution >= 0.6 is 0 Å². The van der Waals surface area contributed by atoms with Gasteiger partial charge in [-0.1, -0.05) is 18.2 Å². The number of nitrogens with zero attached hydrogens (tertiary/aromatic N) is 1. The number of nitrogens with two attached hydrogens (primary N) is 1. The Morgan fingerprint density at radius 3 is 2.85 bits per heavy atom. The molecule has 1 aromatic heterocycles. The monoisotopic (exact) mass is 270 g/mol. The zero-order valence-corrected chi connectivity index (χ0v) is 11.3. The number of pyridine rings is 1. The lowest BCUT2D eigenvalue weighted by Crippen LogP contribution is -2.05. The summed E-state index contributed by atoms with van der Waals surface area (Å²) in [4.78, 5) is 4.61. The quantitative estimate of drug-likeness (QED) is 0.894. The fourth-order valence-electron chi connectivity index (χ4n) is 2.57. The van der Waals surface area contributed by atoms with Crippen molar-refractivity contribution in [1.29, 1.82) is 0 Å². The van der Waals surface area contributed by atoms with E-state index in [1.165, 1.54) is 5.56 Å². The molecule has 0 aliphatic heterocycles. The number of aromatic nitrogens is 1. The molecule has 4 heteroatoms. The molecular weight excluding hydrogens is 252 g/mol. The van der Waals surface area contributed by atoms with E-state index in [1.807, 2.05) is 24.3 Å². The van der Waals surface area contributed by atoms with E-state index in [1.54, 1.807) is 0 Å². The van der Waals surface area contributed by atoms with E-state index in [0.717, 1.165) is 36.1 Å². The fraction of sp³-hybridized carbons (Fsp3) is 0.312. The average molecular weight is 270 g/mol. The second-order valence-corrected chi connectivity index (χ2v) is 4.98. The molecule has 0 saturated carbocycles. The second kappa shape index (κ2) is 5.61. The molecular formula is C16H18N2O2. The number of benzene rings is 1. The number of aryl methyl sites for hydroxylation is 2. The predicted molar refractivity (Wildman–Crippen MR) is 76.6 cm³/mol. The van der Waals surface area contributed by atoms with Gasteiger partial charge in [-0.25, -0.2) is 4.98 Å². The topological polar surface area (TPSA) is 68.4 Å². The normalized spacial score (nSPS) is 13.3. The number of fused-ring (bicyclic) bond motifs is 1. The van der Waals surface area contributed by atoms with Crippen molar-refractivity contribution in [1.82, 2.24) is 4.98 Å². The highest BCUT2D eigenvalue weighted by molar-refractivity contribution is 5.41. The third kappa shape index (κ3) is 2.40. The highest BCUT2D eigenvalue weighted by Gasteiger charge is 2.17. The maximum Gasteiger partial charge on any atom is 0.223 e. The standard InChI is InChI=1S/C16H18N2O2/c17-9-13-8-11-5-3-6-14(11)18-16(13)20-15-7-2-1-4-12(15)10-19/h1-2,4,7-8,19H,3,5-6,9-10,17H2. The minimum atomic E-state index is -0.0565. The maximum absolute atomic E-state index is 9.35. The summed E-state index contributed by atoms with van der Waals surface area (Å²) in [6, 6.07) is 9.53. The molecule has 0 radical (unpaired) electrons. The molecule has 1 aromatic carbocycles. The van der Waals surface area contributed by atoms with Crippen LogP contribution in [0.15, 0.2) is 30.3 Å². The van der Waals surface area contributed by atoms with Gasteiger partial charge in [-0.2, -0.15) is 0 Å². The van der Waals surface area contributed by atoms with E-state index >= 15 is 0 Å². The van der Waals surface area contributed by atoms with Crippen molar-refractivity contribution >= 4 is 0 Å². The van der Waals surface area contributed by atoms with Crippen LogP contribution < -0.4 is 10.5 Å². The Hall–Kier alpha value is -1.91. The van der Waals surface area contributed by atoms with Gasteiger partial charge in [0.25, 0.3) is 0 Å². The highest BCUT2D eigenvalue weighted by Crippen LogP contribution is 2.30. The largest absolute Gasteiger partial charge is 0.438 e. The van der Waals surface area contributed by atoms with Crippen molar-refractivity contribution in [2.75, 3.05) is 0 Å². The Labute approximate surface area is 118 Å². The Balaban J connectivity index is 1.98. The van der Waals surface area contributed by atoms with Crippen molar-refractivity contribution < 1.29 is 9.84 Å². The molecule has 20 heavy (non-hydrogen) atoms. The van der Waals surface area contributed by atoms with Crippen LogP contribution in [-0.2, 0) is 26.0 Å². The molecule has 1 heterocycles.